The van der Waals surface area contributed by atoms with E-state index in [0.29, 0.717) is 39.0 Å². The van der Waals surface area contributed by atoms with Crippen molar-refractivity contribution in [2.75, 3.05) is 13.1 Å². The maximum absolute atomic E-state index is 11.4. The fourth-order valence-electron chi connectivity index (χ4n) is 4.32. The maximum Gasteiger partial charge on any atom is 0.219 e. The van der Waals surface area contributed by atoms with Gasteiger partial charge in [-0.15, -0.1) is 10.2 Å². The Morgan fingerprint density at radius 1 is 0.565 bits per heavy atom. The molecule has 46 heavy (non-hydrogen) atoms. The quantitative estimate of drug-likeness (QED) is 0.230. The second-order valence-electron chi connectivity index (χ2n) is 10.4. The minimum Gasteiger partial charge on any atom is -0.354 e. The van der Waals surface area contributed by atoms with Gasteiger partial charge in [0.1, 0.15) is 11.4 Å². The van der Waals surface area contributed by atoms with Crippen LogP contribution >= 0.6 is 0 Å². The van der Waals surface area contributed by atoms with E-state index in [-0.39, 0.29) is 11.8 Å². The molecule has 10 heteroatoms. The molecular formula is C36H34N8O2. The molecule has 230 valence electrons. The predicted molar refractivity (Wildman–Crippen MR) is 176 cm³/mol. The lowest BCUT2D eigenvalue weighted by Crippen LogP contribution is -2.26. The number of nitrogens with one attached hydrogen (secondary N) is 2. The third-order valence-corrected chi connectivity index (χ3v) is 6.99. The summed E-state index contributed by atoms with van der Waals surface area (Å²) < 4.78 is 3.44. The topological polar surface area (TPSA) is 120 Å². The summed E-state index contributed by atoms with van der Waals surface area (Å²) in [7, 11) is 0. The van der Waals surface area contributed by atoms with Crippen LogP contribution in [0.15, 0.2) is 85.2 Å². The summed E-state index contributed by atoms with van der Waals surface area (Å²) in [5.41, 5.74) is 7.03. The van der Waals surface area contributed by atoms with E-state index in [0.717, 1.165) is 44.8 Å². The summed E-state index contributed by atoms with van der Waals surface area (Å²) in [6.07, 6.45) is 4.67. The fraction of sp³-hybridized carbons (Fsp3) is 0.222. The zero-order valence-electron chi connectivity index (χ0n) is 25.8. The van der Waals surface area contributed by atoms with Gasteiger partial charge in [-0.05, 0) is 48.5 Å². The van der Waals surface area contributed by atoms with Gasteiger partial charge in [0.25, 0.3) is 0 Å². The number of rotatable bonds is 10. The van der Waals surface area contributed by atoms with Crippen molar-refractivity contribution in [3.63, 3.8) is 0 Å². The van der Waals surface area contributed by atoms with Crippen LogP contribution in [-0.4, -0.2) is 54.9 Å². The molecule has 0 bridgehead atoms. The lowest BCUT2D eigenvalue weighted by molar-refractivity contribution is -0.121. The number of hydrogen-bond acceptors (Lipinski definition) is 6. The Morgan fingerprint density at radius 2 is 0.891 bits per heavy atom. The Kier molecular flexibility index (Phi) is 10.7. The van der Waals surface area contributed by atoms with Crippen molar-refractivity contribution >= 4 is 11.8 Å². The normalized spacial score (nSPS) is 10.3. The largest absolute Gasteiger partial charge is 0.354 e. The van der Waals surface area contributed by atoms with E-state index < -0.39 is 0 Å². The highest BCUT2D eigenvalue weighted by molar-refractivity contribution is 5.75. The van der Waals surface area contributed by atoms with E-state index in [4.69, 9.17) is 0 Å². The third-order valence-electron chi connectivity index (χ3n) is 6.99. The van der Waals surface area contributed by atoms with E-state index in [2.05, 4.69) is 54.9 Å². The van der Waals surface area contributed by atoms with Gasteiger partial charge in [0, 0.05) is 59.3 Å². The minimum atomic E-state index is 0.0214. The van der Waals surface area contributed by atoms with Gasteiger partial charge >= 0.3 is 0 Å². The average Bonchev–Trinajstić information content (AvgIpc) is 3.77. The monoisotopic (exact) mass is 610 g/mol. The predicted octanol–water partition coefficient (Wildman–Crippen LogP) is 4.06. The fourth-order valence-corrected chi connectivity index (χ4v) is 4.32. The summed E-state index contributed by atoms with van der Waals surface area (Å²) in [4.78, 5) is 22.8. The van der Waals surface area contributed by atoms with E-state index in [1.165, 1.54) is 0 Å². The van der Waals surface area contributed by atoms with Crippen LogP contribution in [0.1, 0.15) is 48.9 Å². The highest BCUT2D eigenvalue weighted by atomic mass is 16.2. The van der Waals surface area contributed by atoms with Gasteiger partial charge in [0.2, 0.25) is 11.8 Å². The number of aromatic nitrogens is 6. The van der Waals surface area contributed by atoms with Crippen LogP contribution < -0.4 is 10.6 Å². The second kappa shape index (κ2) is 15.6. The highest BCUT2D eigenvalue weighted by Gasteiger charge is 2.06. The molecule has 5 aromatic rings. The number of carbonyl (C=O) groups excluding carboxylic acids is 2. The Morgan fingerprint density at radius 3 is 1.22 bits per heavy atom. The zero-order valence-corrected chi connectivity index (χ0v) is 25.8. The molecule has 0 aliphatic carbocycles. The Bertz CT molecular complexity index is 1760. The SMILES string of the molecule is CCC(=O)NCCn1cc(-c2ccc(C#Cc3ccc(C#Cc4ccc(-c5cn(CCNC(=O)CC)nn5)cc4)cc3)cc2)nn1. The van der Waals surface area contributed by atoms with Crippen LogP contribution in [-0.2, 0) is 22.7 Å². The number of amides is 2. The van der Waals surface area contributed by atoms with Gasteiger partial charge in [-0.25, -0.2) is 0 Å². The summed E-state index contributed by atoms with van der Waals surface area (Å²) in [6, 6.07) is 23.6. The molecule has 3 aromatic carbocycles. The molecule has 0 saturated carbocycles. The van der Waals surface area contributed by atoms with Gasteiger partial charge in [0.15, 0.2) is 0 Å². The molecule has 2 amide bonds. The van der Waals surface area contributed by atoms with E-state index >= 15 is 0 Å². The molecule has 2 N–H and O–H groups in total. The van der Waals surface area contributed by atoms with Crippen LogP contribution in [0.2, 0.25) is 0 Å². The smallest absolute Gasteiger partial charge is 0.219 e. The Hall–Kier alpha value is -6.00. The van der Waals surface area contributed by atoms with E-state index in [1.807, 2.05) is 99.0 Å². The van der Waals surface area contributed by atoms with Crippen molar-refractivity contribution in [3.05, 3.63) is 107 Å². The molecule has 0 unspecified atom stereocenters. The highest BCUT2D eigenvalue weighted by Crippen LogP contribution is 2.18. The zero-order chi connectivity index (χ0) is 32.1. The lowest BCUT2D eigenvalue weighted by Gasteiger charge is -2.02. The number of carbonyl (C=O) groups is 2. The first-order valence-electron chi connectivity index (χ1n) is 15.2. The molecule has 0 radical (unpaired) electrons. The van der Waals surface area contributed by atoms with Crippen molar-refractivity contribution in [1.82, 2.24) is 40.6 Å². The molecule has 0 aliphatic heterocycles. The molecule has 0 aliphatic rings. The van der Waals surface area contributed by atoms with Crippen LogP contribution in [0, 0.1) is 23.7 Å². The number of benzene rings is 3. The molecule has 0 spiro atoms. The molecular weight excluding hydrogens is 576 g/mol. The minimum absolute atomic E-state index is 0.0214. The van der Waals surface area contributed by atoms with Gasteiger partial charge in [0.05, 0.1) is 25.5 Å². The summed E-state index contributed by atoms with van der Waals surface area (Å²) >= 11 is 0. The van der Waals surface area contributed by atoms with Gasteiger partial charge in [-0.3, -0.25) is 19.0 Å². The van der Waals surface area contributed by atoms with Crippen LogP contribution in [0.3, 0.4) is 0 Å². The number of hydrogen-bond donors (Lipinski definition) is 2. The number of nitrogens with zero attached hydrogens (tertiary/aromatic N) is 6. The summed E-state index contributed by atoms with van der Waals surface area (Å²) in [5.74, 6) is 12.9. The molecule has 10 nitrogen and oxygen atoms in total. The molecule has 2 aromatic heterocycles. The Balaban J connectivity index is 1.12. The molecule has 0 saturated heterocycles. The standard InChI is InChI=1S/C36H34N8O2/c1-3-35(45)37-21-23-43-25-33(39-41-43)31-17-13-29(14-18-31)11-9-27-5-7-28(8-6-27)10-12-30-15-19-32(20-16-30)34-26-44(42-40-34)24-22-38-36(46)4-2/h5-8,13-20,25-26H,3-4,21-24H2,1-2H3,(H,37,45)(H,38,46). The molecule has 5 rings (SSSR count). The van der Waals surface area contributed by atoms with Crippen LogP contribution in [0.5, 0.6) is 0 Å². The van der Waals surface area contributed by atoms with Crippen molar-refractivity contribution in [2.45, 2.75) is 39.8 Å². The average molecular weight is 611 g/mol. The molecule has 2 heterocycles. The Labute approximate surface area is 268 Å². The van der Waals surface area contributed by atoms with E-state index in [1.54, 1.807) is 9.36 Å². The van der Waals surface area contributed by atoms with Gasteiger partial charge < -0.3 is 10.6 Å². The van der Waals surface area contributed by atoms with Crippen LogP contribution in [0.4, 0.5) is 0 Å². The summed E-state index contributed by atoms with van der Waals surface area (Å²) in [5, 5.41) is 22.4. The first-order valence-corrected chi connectivity index (χ1v) is 15.2. The molecule has 0 fully saturated rings. The van der Waals surface area contributed by atoms with Crippen molar-refractivity contribution in [3.8, 4) is 46.2 Å². The van der Waals surface area contributed by atoms with Gasteiger partial charge in [-0.1, -0.05) is 72.2 Å². The maximum atomic E-state index is 11.4. The van der Waals surface area contributed by atoms with Crippen molar-refractivity contribution in [1.29, 1.82) is 0 Å². The van der Waals surface area contributed by atoms with Crippen LogP contribution in [0.25, 0.3) is 22.5 Å². The lowest BCUT2D eigenvalue weighted by atomic mass is 10.1. The first kappa shape index (κ1) is 31.4. The first-order chi connectivity index (χ1) is 22.5. The third kappa shape index (κ3) is 9.01. The van der Waals surface area contributed by atoms with E-state index in [9.17, 15) is 9.59 Å². The summed E-state index contributed by atoms with van der Waals surface area (Å²) in [6.45, 7) is 5.81. The van der Waals surface area contributed by atoms with Crippen molar-refractivity contribution < 1.29 is 9.59 Å². The molecule has 0 atom stereocenters. The second-order valence-corrected chi connectivity index (χ2v) is 10.4. The van der Waals surface area contributed by atoms with Gasteiger partial charge in [-0.2, -0.15) is 0 Å². The van der Waals surface area contributed by atoms with Crippen molar-refractivity contribution in [2.24, 2.45) is 0 Å².